The van der Waals surface area contributed by atoms with Crippen molar-refractivity contribution in [3.63, 3.8) is 0 Å². The summed E-state index contributed by atoms with van der Waals surface area (Å²) in [5, 5.41) is 2.69. The lowest BCUT2D eigenvalue weighted by molar-refractivity contribution is -0.148. The van der Waals surface area contributed by atoms with Gasteiger partial charge in [-0.3, -0.25) is 9.59 Å². The maximum Gasteiger partial charge on any atom is 0.243 e. The molecule has 1 aliphatic rings. The molecule has 0 bridgehead atoms. The number of hydrogen-bond donors (Lipinski definition) is 1. The molecule has 1 aliphatic heterocycles. The van der Waals surface area contributed by atoms with Crippen LogP contribution in [0.3, 0.4) is 0 Å². The third-order valence-electron chi connectivity index (χ3n) is 3.62. The predicted molar refractivity (Wildman–Crippen MR) is 72.0 cm³/mol. The van der Waals surface area contributed by atoms with Gasteiger partial charge in [-0.1, -0.05) is 41.0 Å². The standard InChI is InChI=1S/C14H26N2O2/c1-6-10(2)12-13(18)15-9-11(17)16(12)8-7-14(3,4)5/h10,12H,6-9H2,1-5H3,(H,15,18). The minimum Gasteiger partial charge on any atom is -0.345 e. The number of hydrogen-bond acceptors (Lipinski definition) is 2. The van der Waals surface area contributed by atoms with E-state index in [9.17, 15) is 9.59 Å². The Labute approximate surface area is 110 Å². The first-order chi connectivity index (χ1) is 8.26. The Morgan fingerprint density at radius 1 is 1.39 bits per heavy atom. The van der Waals surface area contributed by atoms with Crippen molar-refractivity contribution in [2.24, 2.45) is 11.3 Å². The maximum atomic E-state index is 12.0. The van der Waals surface area contributed by atoms with Gasteiger partial charge in [0.05, 0.1) is 6.54 Å². The van der Waals surface area contributed by atoms with Crippen molar-refractivity contribution in [3.8, 4) is 0 Å². The van der Waals surface area contributed by atoms with Crippen molar-refractivity contribution in [1.82, 2.24) is 10.2 Å². The quantitative estimate of drug-likeness (QED) is 0.831. The van der Waals surface area contributed by atoms with E-state index in [2.05, 4.69) is 33.0 Å². The third-order valence-corrected chi connectivity index (χ3v) is 3.62. The minimum atomic E-state index is -0.293. The summed E-state index contributed by atoms with van der Waals surface area (Å²) >= 11 is 0. The molecule has 2 amide bonds. The second-order valence-corrected chi connectivity index (χ2v) is 6.45. The molecule has 0 aromatic heterocycles. The molecule has 1 fully saturated rings. The molecule has 0 radical (unpaired) electrons. The lowest BCUT2D eigenvalue weighted by atomic mass is 9.90. The predicted octanol–water partition coefficient (Wildman–Crippen LogP) is 1.80. The van der Waals surface area contributed by atoms with Gasteiger partial charge in [-0.25, -0.2) is 0 Å². The lowest BCUT2D eigenvalue weighted by Gasteiger charge is -2.39. The molecular weight excluding hydrogens is 228 g/mol. The Bertz CT molecular complexity index is 320. The van der Waals surface area contributed by atoms with Gasteiger partial charge in [-0.05, 0) is 17.8 Å². The van der Waals surface area contributed by atoms with Crippen LogP contribution in [0.1, 0.15) is 47.5 Å². The van der Waals surface area contributed by atoms with E-state index in [4.69, 9.17) is 0 Å². The van der Waals surface area contributed by atoms with Crippen molar-refractivity contribution in [2.75, 3.05) is 13.1 Å². The van der Waals surface area contributed by atoms with Crippen molar-refractivity contribution >= 4 is 11.8 Å². The molecule has 0 saturated carbocycles. The lowest BCUT2D eigenvalue weighted by Crippen LogP contribution is -2.60. The van der Waals surface area contributed by atoms with Gasteiger partial charge in [-0.15, -0.1) is 0 Å². The third kappa shape index (κ3) is 3.72. The molecule has 2 unspecified atom stereocenters. The first-order valence-corrected chi connectivity index (χ1v) is 6.83. The number of nitrogens with zero attached hydrogens (tertiary/aromatic N) is 1. The van der Waals surface area contributed by atoms with Crippen LogP contribution >= 0.6 is 0 Å². The topological polar surface area (TPSA) is 49.4 Å². The van der Waals surface area contributed by atoms with Crippen LogP contribution in [0.4, 0.5) is 0 Å². The average molecular weight is 254 g/mol. The van der Waals surface area contributed by atoms with Gasteiger partial charge in [0.15, 0.2) is 0 Å². The van der Waals surface area contributed by atoms with E-state index >= 15 is 0 Å². The molecule has 0 aliphatic carbocycles. The fraction of sp³-hybridized carbons (Fsp3) is 0.857. The summed E-state index contributed by atoms with van der Waals surface area (Å²) in [5.41, 5.74) is 0.175. The van der Waals surface area contributed by atoms with Gasteiger partial charge in [-0.2, -0.15) is 0 Å². The summed E-state index contributed by atoms with van der Waals surface area (Å²) in [6, 6.07) is -0.293. The molecule has 0 aromatic rings. The highest BCUT2D eigenvalue weighted by Crippen LogP contribution is 2.23. The summed E-state index contributed by atoms with van der Waals surface area (Å²) in [6.07, 6.45) is 1.82. The Balaban J connectivity index is 2.79. The van der Waals surface area contributed by atoms with Crippen molar-refractivity contribution in [1.29, 1.82) is 0 Å². The van der Waals surface area contributed by atoms with Crippen LogP contribution in [-0.4, -0.2) is 35.8 Å². The molecule has 1 saturated heterocycles. The monoisotopic (exact) mass is 254 g/mol. The molecule has 0 spiro atoms. The zero-order chi connectivity index (χ0) is 13.9. The first kappa shape index (κ1) is 15.0. The van der Waals surface area contributed by atoms with E-state index in [1.54, 1.807) is 4.90 Å². The molecule has 1 N–H and O–H groups in total. The fourth-order valence-electron chi connectivity index (χ4n) is 2.17. The maximum absolute atomic E-state index is 12.0. The molecule has 0 aromatic carbocycles. The molecule has 1 heterocycles. The van der Waals surface area contributed by atoms with Gasteiger partial charge in [0.25, 0.3) is 0 Å². The van der Waals surface area contributed by atoms with Crippen LogP contribution in [0.25, 0.3) is 0 Å². The van der Waals surface area contributed by atoms with Crippen molar-refractivity contribution in [3.05, 3.63) is 0 Å². The molecule has 2 atom stereocenters. The summed E-state index contributed by atoms with van der Waals surface area (Å²) in [6.45, 7) is 11.4. The molecular formula is C14H26N2O2. The molecule has 18 heavy (non-hydrogen) atoms. The first-order valence-electron chi connectivity index (χ1n) is 6.83. The highest BCUT2D eigenvalue weighted by atomic mass is 16.2. The van der Waals surface area contributed by atoms with Crippen LogP contribution < -0.4 is 5.32 Å². The Hall–Kier alpha value is -1.06. The Morgan fingerprint density at radius 3 is 2.50 bits per heavy atom. The zero-order valence-electron chi connectivity index (χ0n) is 12.2. The largest absolute Gasteiger partial charge is 0.345 e. The van der Waals surface area contributed by atoms with Crippen LogP contribution in [0, 0.1) is 11.3 Å². The van der Waals surface area contributed by atoms with E-state index in [1.807, 2.05) is 6.92 Å². The number of piperazine rings is 1. The van der Waals surface area contributed by atoms with Gasteiger partial charge < -0.3 is 10.2 Å². The smallest absolute Gasteiger partial charge is 0.243 e. The van der Waals surface area contributed by atoms with Gasteiger partial charge in [0, 0.05) is 6.54 Å². The number of rotatable bonds is 4. The summed E-state index contributed by atoms with van der Waals surface area (Å²) in [7, 11) is 0. The van der Waals surface area contributed by atoms with Crippen molar-refractivity contribution < 1.29 is 9.59 Å². The highest BCUT2D eigenvalue weighted by Gasteiger charge is 2.37. The molecule has 4 heteroatoms. The van der Waals surface area contributed by atoms with Gasteiger partial charge >= 0.3 is 0 Å². The summed E-state index contributed by atoms with van der Waals surface area (Å²) in [4.78, 5) is 25.7. The van der Waals surface area contributed by atoms with E-state index < -0.39 is 0 Å². The minimum absolute atomic E-state index is 0.00198. The van der Waals surface area contributed by atoms with Crippen LogP contribution in [0.2, 0.25) is 0 Å². The number of nitrogens with one attached hydrogen (secondary N) is 1. The van der Waals surface area contributed by atoms with Gasteiger partial charge in [0.2, 0.25) is 11.8 Å². The Kier molecular flexibility index (Phi) is 4.77. The van der Waals surface area contributed by atoms with E-state index in [-0.39, 0.29) is 35.7 Å². The van der Waals surface area contributed by atoms with Gasteiger partial charge in [0.1, 0.15) is 6.04 Å². The van der Waals surface area contributed by atoms with Crippen molar-refractivity contribution in [2.45, 2.75) is 53.5 Å². The summed E-state index contributed by atoms with van der Waals surface area (Å²) < 4.78 is 0. The average Bonchev–Trinajstić information content (AvgIpc) is 2.28. The van der Waals surface area contributed by atoms with Crippen LogP contribution in [0.15, 0.2) is 0 Å². The van der Waals surface area contributed by atoms with E-state index in [0.717, 1.165) is 12.8 Å². The number of amides is 2. The summed E-state index contributed by atoms with van der Waals surface area (Å²) in [5.74, 6) is 0.247. The number of carbonyl (C=O) groups excluding carboxylic acids is 2. The van der Waals surface area contributed by atoms with E-state index in [0.29, 0.717) is 6.54 Å². The highest BCUT2D eigenvalue weighted by molar-refractivity contribution is 5.95. The van der Waals surface area contributed by atoms with E-state index in [1.165, 1.54) is 0 Å². The van der Waals surface area contributed by atoms with Crippen LogP contribution in [0.5, 0.6) is 0 Å². The molecule has 104 valence electrons. The second-order valence-electron chi connectivity index (χ2n) is 6.45. The fourth-order valence-corrected chi connectivity index (χ4v) is 2.17. The SMILES string of the molecule is CCC(C)C1C(=O)NCC(=O)N1CCC(C)(C)C. The zero-order valence-corrected chi connectivity index (χ0v) is 12.2. The normalized spacial score (nSPS) is 22.9. The molecule has 1 rings (SSSR count). The second kappa shape index (κ2) is 5.72. The molecule has 4 nitrogen and oxygen atoms in total. The number of carbonyl (C=O) groups is 2. The van der Waals surface area contributed by atoms with Crippen LogP contribution in [-0.2, 0) is 9.59 Å². The Morgan fingerprint density at radius 2 is 2.00 bits per heavy atom.